The first-order valence-electron chi connectivity index (χ1n) is 9.62. The molecule has 7 N–H and O–H groups in total. The number of benzene rings is 2. The van der Waals surface area contributed by atoms with Crippen LogP contribution in [0.25, 0.3) is 5.70 Å². The number of ether oxygens (including phenoxy) is 1. The average Bonchev–Trinajstić information content (AvgIpc) is 2.79. The number of allylic oxidation sites excluding steroid dienone is 1. The van der Waals surface area contributed by atoms with Crippen LogP contribution in [0.3, 0.4) is 0 Å². The van der Waals surface area contributed by atoms with Crippen molar-refractivity contribution in [2.75, 3.05) is 11.6 Å². The minimum absolute atomic E-state index is 0.188. The summed E-state index contributed by atoms with van der Waals surface area (Å²) < 4.78 is 5.95. The zero-order valence-electron chi connectivity index (χ0n) is 17.8. The monoisotopic (exact) mass is 421 g/mol. The second-order valence-electron chi connectivity index (χ2n) is 6.69. The second kappa shape index (κ2) is 10.8. The van der Waals surface area contributed by atoms with Gasteiger partial charge in [0.2, 0.25) is 0 Å². The number of hydrazine groups is 2. The summed E-state index contributed by atoms with van der Waals surface area (Å²) in [5.74, 6) is 11.6. The molecule has 2 aromatic rings. The first-order chi connectivity index (χ1) is 14.8. The van der Waals surface area contributed by atoms with E-state index in [-0.39, 0.29) is 6.61 Å². The lowest BCUT2D eigenvalue weighted by atomic mass is 10.0. The number of nitrogens with zero attached hydrogens (tertiary/aromatic N) is 3. The maximum atomic E-state index is 11.7. The van der Waals surface area contributed by atoms with Gasteiger partial charge in [0.25, 0.3) is 0 Å². The molecule has 2 aromatic carbocycles. The van der Waals surface area contributed by atoms with Gasteiger partial charge in [0.05, 0.1) is 5.69 Å². The van der Waals surface area contributed by atoms with Crippen molar-refractivity contribution in [2.45, 2.75) is 27.4 Å². The number of para-hydroxylation sites is 1. The van der Waals surface area contributed by atoms with Crippen molar-refractivity contribution in [1.82, 2.24) is 5.43 Å². The van der Waals surface area contributed by atoms with Gasteiger partial charge in [-0.2, -0.15) is 5.26 Å². The van der Waals surface area contributed by atoms with Crippen LogP contribution in [0.1, 0.15) is 30.5 Å². The molecular weight excluding hydrogens is 394 g/mol. The van der Waals surface area contributed by atoms with Crippen molar-refractivity contribution in [3.63, 3.8) is 0 Å². The van der Waals surface area contributed by atoms with E-state index in [2.05, 4.69) is 11.1 Å². The minimum atomic E-state index is -0.644. The smallest absolute Gasteiger partial charge is 0.350 e. The van der Waals surface area contributed by atoms with Gasteiger partial charge in [-0.05, 0) is 56.2 Å². The maximum Gasteiger partial charge on any atom is 0.350 e. The Balaban J connectivity index is 2.25. The van der Waals surface area contributed by atoms with E-state index in [1.165, 1.54) is 0 Å². The zero-order chi connectivity index (χ0) is 23.0. The lowest BCUT2D eigenvalue weighted by Crippen LogP contribution is -2.48. The van der Waals surface area contributed by atoms with Crippen molar-refractivity contribution in [1.29, 1.82) is 5.26 Å². The molecule has 162 valence electrons. The highest BCUT2D eigenvalue weighted by atomic mass is 16.5. The lowest BCUT2D eigenvalue weighted by molar-refractivity contribution is 0.246. The number of rotatable bonds is 7. The van der Waals surface area contributed by atoms with E-state index in [1.54, 1.807) is 19.1 Å². The van der Waals surface area contributed by atoms with Crippen molar-refractivity contribution >= 4 is 23.1 Å². The molecule has 0 heterocycles. The van der Waals surface area contributed by atoms with Crippen LogP contribution in [0.4, 0.5) is 10.5 Å². The van der Waals surface area contributed by atoms with Crippen molar-refractivity contribution in [2.24, 2.45) is 22.4 Å². The molecule has 9 heteroatoms. The molecule has 0 bridgehead atoms. The molecule has 2 rings (SSSR count). The molecule has 9 nitrogen and oxygen atoms in total. The summed E-state index contributed by atoms with van der Waals surface area (Å²) in [6, 6.07) is 14.0. The SMILES string of the molecule is CCN=C(C#N)C(C)=C(N)c1ccc(OCc2ccccc2N(N)C(=O)NN)c(C)c1. The van der Waals surface area contributed by atoms with Crippen LogP contribution in [0.15, 0.2) is 53.0 Å². The number of hydrogen-bond donors (Lipinski definition) is 4. The van der Waals surface area contributed by atoms with Crippen LogP contribution in [0, 0.1) is 18.3 Å². The first kappa shape index (κ1) is 23.4. The van der Waals surface area contributed by atoms with Crippen LogP contribution in [0.5, 0.6) is 5.75 Å². The number of nitrogens with one attached hydrogen (secondary N) is 1. The third-order valence-corrected chi connectivity index (χ3v) is 4.64. The fourth-order valence-corrected chi connectivity index (χ4v) is 2.92. The summed E-state index contributed by atoms with van der Waals surface area (Å²) >= 11 is 0. The molecule has 2 amide bonds. The molecule has 0 aliphatic heterocycles. The van der Waals surface area contributed by atoms with Gasteiger partial charge in [-0.25, -0.2) is 21.5 Å². The Morgan fingerprint density at radius 1 is 1.29 bits per heavy atom. The van der Waals surface area contributed by atoms with Gasteiger partial charge < -0.3 is 10.5 Å². The molecule has 0 aliphatic carbocycles. The third kappa shape index (κ3) is 5.60. The van der Waals surface area contributed by atoms with Crippen LogP contribution in [0.2, 0.25) is 0 Å². The van der Waals surface area contributed by atoms with Crippen LogP contribution in [-0.2, 0) is 6.61 Å². The van der Waals surface area contributed by atoms with E-state index in [9.17, 15) is 10.1 Å². The molecule has 0 saturated carbocycles. The van der Waals surface area contributed by atoms with Gasteiger partial charge in [-0.1, -0.05) is 18.2 Å². The van der Waals surface area contributed by atoms with Crippen molar-refractivity contribution in [3.8, 4) is 11.8 Å². The van der Waals surface area contributed by atoms with E-state index in [0.717, 1.165) is 16.1 Å². The van der Waals surface area contributed by atoms with Crippen molar-refractivity contribution < 1.29 is 9.53 Å². The number of carbonyl (C=O) groups is 1. The Bertz CT molecular complexity index is 1050. The lowest BCUT2D eigenvalue weighted by Gasteiger charge is -2.20. The summed E-state index contributed by atoms with van der Waals surface area (Å²) in [5, 5.41) is 10.2. The molecule has 0 radical (unpaired) electrons. The summed E-state index contributed by atoms with van der Waals surface area (Å²) in [7, 11) is 0. The van der Waals surface area contributed by atoms with E-state index >= 15 is 0 Å². The van der Waals surface area contributed by atoms with Gasteiger partial charge in [-0.15, -0.1) is 0 Å². The second-order valence-corrected chi connectivity index (χ2v) is 6.69. The van der Waals surface area contributed by atoms with Crippen LogP contribution >= 0.6 is 0 Å². The van der Waals surface area contributed by atoms with Crippen LogP contribution in [-0.4, -0.2) is 18.3 Å². The molecule has 0 aliphatic rings. The zero-order valence-corrected chi connectivity index (χ0v) is 17.8. The molecule has 0 aromatic heterocycles. The molecule has 0 unspecified atom stereocenters. The third-order valence-electron chi connectivity index (χ3n) is 4.64. The summed E-state index contributed by atoms with van der Waals surface area (Å²) in [4.78, 5) is 15.9. The highest BCUT2D eigenvalue weighted by molar-refractivity contribution is 6.14. The number of aliphatic imine (C=N–C) groups is 1. The summed E-state index contributed by atoms with van der Waals surface area (Å²) in [6.45, 7) is 6.24. The van der Waals surface area contributed by atoms with Gasteiger partial charge in [0.15, 0.2) is 0 Å². The molecule has 0 fully saturated rings. The Morgan fingerprint density at radius 3 is 2.61 bits per heavy atom. The number of urea groups is 1. The fourth-order valence-electron chi connectivity index (χ4n) is 2.92. The van der Waals surface area contributed by atoms with E-state index < -0.39 is 6.03 Å². The number of amides is 2. The van der Waals surface area contributed by atoms with Gasteiger partial charge in [0, 0.05) is 23.4 Å². The Kier molecular flexibility index (Phi) is 8.14. The largest absolute Gasteiger partial charge is 0.489 e. The number of nitrogens with two attached hydrogens (primary N) is 3. The minimum Gasteiger partial charge on any atom is -0.489 e. The van der Waals surface area contributed by atoms with Crippen molar-refractivity contribution in [3.05, 3.63) is 64.7 Å². The summed E-state index contributed by atoms with van der Waals surface area (Å²) in [6.07, 6.45) is 0. The van der Waals surface area contributed by atoms with Gasteiger partial charge in [0.1, 0.15) is 24.1 Å². The molecule has 0 spiro atoms. The van der Waals surface area contributed by atoms with Crippen LogP contribution < -0.4 is 32.6 Å². The maximum absolute atomic E-state index is 11.7. The van der Waals surface area contributed by atoms with Gasteiger partial charge in [-0.3, -0.25) is 10.4 Å². The fraction of sp³-hybridized carbons (Fsp3) is 0.227. The van der Waals surface area contributed by atoms with E-state index in [1.807, 2.05) is 49.6 Å². The quantitative estimate of drug-likeness (QED) is 0.233. The number of carbonyl (C=O) groups excluding carboxylic acids is 1. The standard InChI is InChI=1S/C22H27N7O2/c1-4-27-18(12-23)15(3)21(24)16-9-10-20(14(2)11-16)31-13-17-7-5-6-8-19(17)29(26)22(30)28-25/h5-11H,4,13,24-26H2,1-3H3,(H,28,30). The molecule has 31 heavy (non-hydrogen) atoms. The molecular formula is C22H27N7O2. The highest BCUT2D eigenvalue weighted by Gasteiger charge is 2.15. The number of aryl methyl sites for hydroxylation is 1. The number of hydrogen-bond acceptors (Lipinski definition) is 7. The van der Waals surface area contributed by atoms with E-state index in [0.29, 0.717) is 40.5 Å². The normalized spacial score (nSPS) is 11.9. The highest BCUT2D eigenvalue weighted by Crippen LogP contribution is 2.26. The Hall–Kier alpha value is -3.87. The van der Waals surface area contributed by atoms with Gasteiger partial charge >= 0.3 is 6.03 Å². The first-order valence-corrected chi connectivity index (χ1v) is 9.62. The Labute approximate surface area is 181 Å². The molecule has 0 atom stereocenters. The molecule has 0 saturated heterocycles. The predicted octanol–water partition coefficient (Wildman–Crippen LogP) is 2.51. The Morgan fingerprint density at radius 2 is 2.00 bits per heavy atom. The predicted molar refractivity (Wildman–Crippen MR) is 122 cm³/mol. The number of nitriles is 1. The topological polar surface area (TPSA) is 156 Å². The summed E-state index contributed by atoms with van der Waals surface area (Å²) in [5.41, 5.74) is 12.5. The van der Waals surface area contributed by atoms with E-state index in [4.69, 9.17) is 22.2 Å². The average molecular weight is 422 g/mol. The number of anilines is 1.